The first-order valence-electron chi connectivity index (χ1n) is 2.65. The Morgan fingerprint density at radius 1 is 1.82 bits per heavy atom. The van der Waals surface area contributed by atoms with Crippen LogP contribution in [0.5, 0.6) is 0 Å². The van der Waals surface area contributed by atoms with Gasteiger partial charge >= 0.3 is 5.69 Å². The van der Waals surface area contributed by atoms with Crippen LogP contribution in [0, 0.1) is 10.7 Å². The summed E-state index contributed by atoms with van der Waals surface area (Å²) in [4.78, 5) is 16.6. The Hall–Kier alpha value is -1.48. The highest BCUT2D eigenvalue weighted by molar-refractivity contribution is 8.03. The lowest BCUT2D eigenvalue weighted by atomic mass is 10.6. The molecule has 5 nitrogen and oxygen atoms in total. The summed E-state index contributed by atoms with van der Waals surface area (Å²) in [6.07, 6.45) is 1.27. The number of nitriles is 1. The molecule has 56 valence electrons. The van der Waals surface area contributed by atoms with Crippen LogP contribution in [0.1, 0.15) is 0 Å². The Morgan fingerprint density at radius 3 is 3.09 bits per heavy atom. The summed E-state index contributed by atoms with van der Waals surface area (Å²) in [6.45, 7) is 0. The highest BCUT2D eigenvalue weighted by Gasteiger charge is 1.99. The lowest BCUT2D eigenvalue weighted by molar-refractivity contribution is 1.04. The minimum atomic E-state index is -0.509. The number of hydrogen-bond acceptors (Lipinski definition) is 5. The van der Waals surface area contributed by atoms with Crippen LogP contribution in [0.4, 0.5) is 5.82 Å². The van der Waals surface area contributed by atoms with E-state index in [9.17, 15) is 4.79 Å². The molecule has 0 fully saturated rings. The predicted octanol–water partition coefficient (Wildman–Crippen LogP) is -0.0747. The van der Waals surface area contributed by atoms with Crippen LogP contribution >= 0.6 is 11.8 Å². The second kappa shape index (κ2) is 3.07. The normalized spacial score (nSPS) is 9.00. The molecule has 0 amide bonds. The maximum Gasteiger partial charge on any atom is 0.346 e. The van der Waals surface area contributed by atoms with Gasteiger partial charge in [0.1, 0.15) is 11.2 Å². The third-order valence-corrected chi connectivity index (χ3v) is 1.60. The summed E-state index contributed by atoms with van der Waals surface area (Å²) in [6, 6.07) is 0. The topological polar surface area (TPSA) is 95.6 Å². The quantitative estimate of drug-likeness (QED) is 0.452. The van der Waals surface area contributed by atoms with Crippen molar-refractivity contribution < 1.29 is 0 Å². The van der Waals surface area contributed by atoms with Gasteiger partial charge in [0, 0.05) is 0 Å². The van der Waals surface area contributed by atoms with Crippen LogP contribution in [0.3, 0.4) is 0 Å². The van der Waals surface area contributed by atoms with Crippen LogP contribution < -0.4 is 11.4 Å². The average molecular weight is 168 g/mol. The molecule has 1 rings (SSSR count). The number of nitrogens with zero attached hydrogens (tertiary/aromatic N) is 2. The maximum atomic E-state index is 10.5. The van der Waals surface area contributed by atoms with Crippen LogP contribution in [-0.4, -0.2) is 9.97 Å². The van der Waals surface area contributed by atoms with Crippen molar-refractivity contribution in [1.29, 1.82) is 5.26 Å². The number of nitrogens with one attached hydrogen (secondary N) is 1. The van der Waals surface area contributed by atoms with E-state index < -0.39 is 5.69 Å². The van der Waals surface area contributed by atoms with E-state index in [-0.39, 0.29) is 5.82 Å². The van der Waals surface area contributed by atoms with Crippen molar-refractivity contribution in [3.05, 3.63) is 16.7 Å². The Labute approximate surface area is 66.3 Å². The second-order valence-corrected chi connectivity index (χ2v) is 2.49. The molecule has 0 unspecified atom stereocenters. The van der Waals surface area contributed by atoms with Crippen molar-refractivity contribution >= 4 is 17.6 Å². The van der Waals surface area contributed by atoms with Gasteiger partial charge in [-0.05, 0) is 11.8 Å². The maximum absolute atomic E-state index is 10.5. The lowest BCUT2D eigenvalue weighted by Crippen LogP contribution is -2.12. The molecule has 1 aromatic rings. The van der Waals surface area contributed by atoms with E-state index in [0.29, 0.717) is 4.90 Å². The molecular weight excluding hydrogens is 164 g/mol. The molecule has 0 aliphatic rings. The molecule has 0 spiro atoms. The molecule has 0 radical (unpaired) electrons. The van der Waals surface area contributed by atoms with Gasteiger partial charge in [-0.15, -0.1) is 0 Å². The summed E-state index contributed by atoms with van der Waals surface area (Å²) in [5, 5.41) is 10.1. The minimum absolute atomic E-state index is 0.177. The van der Waals surface area contributed by atoms with Crippen molar-refractivity contribution in [3.8, 4) is 5.40 Å². The fourth-order valence-electron chi connectivity index (χ4n) is 0.526. The summed E-state index contributed by atoms with van der Waals surface area (Å²) >= 11 is 0.859. The van der Waals surface area contributed by atoms with Gasteiger partial charge in [0.15, 0.2) is 0 Å². The molecule has 0 bridgehead atoms. The van der Waals surface area contributed by atoms with Crippen LogP contribution in [0.2, 0.25) is 0 Å². The fraction of sp³-hybridized carbons (Fsp3) is 0. The number of aromatic nitrogens is 2. The van der Waals surface area contributed by atoms with Gasteiger partial charge in [-0.2, -0.15) is 5.26 Å². The standard InChI is InChI=1S/C5H4N4OS/c6-2-11-3-1-8-5(10)9-4(3)7/h1H,(H3,7,8,9,10). The molecule has 1 heterocycles. The van der Waals surface area contributed by atoms with E-state index in [2.05, 4.69) is 9.97 Å². The van der Waals surface area contributed by atoms with E-state index in [4.69, 9.17) is 11.0 Å². The number of aromatic amines is 1. The largest absolute Gasteiger partial charge is 0.384 e. The third kappa shape index (κ3) is 1.72. The number of thiocyanates is 1. The van der Waals surface area contributed by atoms with Crippen LogP contribution in [0.15, 0.2) is 15.9 Å². The zero-order chi connectivity index (χ0) is 8.27. The number of H-pyrrole nitrogens is 1. The van der Waals surface area contributed by atoms with Gasteiger partial charge in [-0.1, -0.05) is 0 Å². The smallest absolute Gasteiger partial charge is 0.346 e. The fourth-order valence-corrected chi connectivity index (χ4v) is 0.891. The summed E-state index contributed by atoms with van der Waals surface area (Å²) < 4.78 is 0. The van der Waals surface area contributed by atoms with E-state index in [0.717, 1.165) is 11.8 Å². The highest BCUT2D eigenvalue weighted by atomic mass is 32.2. The van der Waals surface area contributed by atoms with E-state index >= 15 is 0 Å². The summed E-state index contributed by atoms with van der Waals surface area (Å²) in [5.74, 6) is 0.177. The Kier molecular flexibility index (Phi) is 2.13. The lowest BCUT2D eigenvalue weighted by Gasteiger charge is -1.95. The van der Waals surface area contributed by atoms with E-state index in [1.54, 1.807) is 0 Å². The molecule has 0 aliphatic carbocycles. The van der Waals surface area contributed by atoms with Gasteiger partial charge < -0.3 is 5.73 Å². The van der Waals surface area contributed by atoms with Gasteiger partial charge in [-0.3, -0.25) is 4.98 Å². The van der Waals surface area contributed by atoms with Gasteiger partial charge in [0.2, 0.25) is 0 Å². The van der Waals surface area contributed by atoms with Gasteiger partial charge in [-0.25, -0.2) is 9.78 Å². The number of nitrogen functional groups attached to an aromatic ring is 1. The monoisotopic (exact) mass is 168 g/mol. The van der Waals surface area contributed by atoms with Crippen LogP contribution in [-0.2, 0) is 0 Å². The molecular formula is C5H4N4OS. The number of anilines is 1. The molecule has 0 aliphatic heterocycles. The number of thioether (sulfide) groups is 1. The summed E-state index contributed by atoms with van der Waals surface area (Å²) in [7, 11) is 0. The van der Waals surface area contributed by atoms with Crippen LogP contribution in [0.25, 0.3) is 0 Å². The first kappa shape index (κ1) is 7.63. The van der Waals surface area contributed by atoms with Crippen molar-refractivity contribution in [3.63, 3.8) is 0 Å². The molecule has 1 aromatic heterocycles. The number of rotatable bonds is 1. The molecule has 0 saturated heterocycles. The van der Waals surface area contributed by atoms with Crippen molar-refractivity contribution in [2.45, 2.75) is 4.90 Å². The van der Waals surface area contributed by atoms with Gasteiger partial charge in [0.05, 0.1) is 11.1 Å². The first-order chi connectivity index (χ1) is 5.24. The molecule has 0 aromatic carbocycles. The average Bonchev–Trinajstić information content (AvgIpc) is 1.95. The summed E-state index contributed by atoms with van der Waals surface area (Å²) in [5.41, 5.74) is 4.83. The Morgan fingerprint density at radius 2 is 2.55 bits per heavy atom. The molecule has 0 atom stereocenters. The predicted molar refractivity (Wildman–Crippen MR) is 40.7 cm³/mol. The number of hydrogen-bond donors (Lipinski definition) is 2. The molecule has 0 saturated carbocycles. The molecule has 3 N–H and O–H groups in total. The zero-order valence-corrected chi connectivity index (χ0v) is 6.18. The number of nitrogens with two attached hydrogens (primary N) is 1. The minimum Gasteiger partial charge on any atom is -0.384 e. The van der Waals surface area contributed by atoms with Crippen molar-refractivity contribution in [2.75, 3.05) is 5.73 Å². The zero-order valence-electron chi connectivity index (χ0n) is 5.37. The third-order valence-electron chi connectivity index (χ3n) is 0.962. The first-order valence-corrected chi connectivity index (χ1v) is 3.46. The Bertz CT molecular complexity index is 352. The van der Waals surface area contributed by atoms with Gasteiger partial charge in [0.25, 0.3) is 0 Å². The SMILES string of the molecule is N#CSc1cnc(=O)[nH]c1N. The Balaban J connectivity index is 3.11. The van der Waals surface area contributed by atoms with E-state index in [1.807, 2.05) is 5.40 Å². The van der Waals surface area contributed by atoms with Crippen molar-refractivity contribution in [2.24, 2.45) is 0 Å². The molecule has 6 heteroatoms. The highest BCUT2D eigenvalue weighted by Crippen LogP contribution is 2.18. The van der Waals surface area contributed by atoms with Crippen molar-refractivity contribution in [1.82, 2.24) is 9.97 Å². The van der Waals surface area contributed by atoms with E-state index in [1.165, 1.54) is 6.20 Å². The second-order valence-electron chi connectivity index (χ2n) is 1.66. The molecule has 11 heavy (non-hydrogen) atoms.